The number of benzene rings is 1. The molecule has 0 spiro atoms. The van der Waals surface area contributed by atoms with Crippen molar-refractivity contribution >= 4 is 40.5 Å². The Morgan fingerprint density at radius 3 is 2.71 bits per heavy atom. The summed E-state index contributed by atoms with van der Waals surface area (Å²) in [5, 5.41) is 6.87. The van der Waals surface area contributed by atoms with E-state index in [0.717, 1.165) is 5.56 Å². The molecule has 110 valence electrons. The first-order chi connectivity index (χ1) is 10.0. The monoisotopic (exact) mass is 323 g/mol. The average Bonchev–Trinajstić information content (AvgIpc) is 2.45. The van der Waals surface area contributed by atoms with Gasteiger partial charge < -0.3 is 10.6 Å². The molecule has 4 nitrogen and oxygen atoms in total. The summed E-state index contributed by atoms with van der Waals surface area (Å²) in [6.45, 7) is 4.50. The Labute approximate surface area is 133 Å². The molecule has 0 aliphatic heterocycles. The highest BCUT2D eigenvalue weighted by molar-refractivity contribution is 6.36. The van der Waals surface area contributed by atoms with Crippen LogP contribution in [0.1, 0.15) is 22.8 Å². The molecule has 0 saturated heterocycles. The number of aryl methyl sites for hydroxylation is 1. The molecule has 1 amide bonds. The highest BCUT2D eigenvalue weighted by Crippen LogP contribution is 2.29. The van der Waals surface area contributed by atoms with Crippen molar-refractivity contribution in [1.29, 1.82) is 0 Å². The predicted molar refractivity (Wildman–Crippen MR) is 87.6 cm³/mol. The summed E-state index contributed by atoms with van der Waals surface area (Å²) >= 11 is 12.2. The number of carbonyl (C=O) groups excluding carboxylic acids is 1. The maximum atomic E-state index is 12.4. The van der Waals surface area contributed by atoms with E-state index in [4.69, 9.17) is 23.2 Å². The molecular formula is C15H15Cl2N3O. The van der Waals surface area contributed by atoms with Crippen molar-refractivity contribution in [2.45, 2.75) is 13.8 Å². The van der Waals surface area contributed by atoms with Gasteiger partial charge in [0, 0.05) is 17.8 Å². The molecule has 2 N–H and O–H groups in total. The van der Waals surface area contributed by atoms with Crippen molar-refractivity contribution in [2.24, 2.45) is 0 Å². The molecule has 1 heterocycles. The molecule has 0 atom stereocenters. The topological polar surface area (TPSA) is 54.0 Å². The number of pyridine rings is 1. The van der Waals surface area contributed by atoms with E-state index >= 15 is 0 Å². The number of hydrogen-bond donors (Lipinski definition) is 2. The van der Waals surface area contributed by atoms with Gasteiger partial charge >= 0.3 is 0 Å². The number of hydrogen-bond acceptors (Lipinski definition) is 3. The molecule has 0 aliphatic carbocycles. The van der Waals surface area contributed by atoms with Crippen LogP contribution in [0.4, 0.5) is 11.4 Å². The van der Waals surface area contributed by atoms with Crippen LogP contribution in [-0.2, 0) is 0 Å². The van der Waals surface area contributed by atoms with Crippen molar-refractivity contribution in [3.63, 3.8) is 0 Å². The molecule has 1 aromatic heterocycles. The zero-order chi connectivity index (χ0) is 15.4. The van der Waals surface area contributed by atoms with Crippen LogP contribution in [0.15, 0.2) is 30.6 Å². The van der Waals surface area contributed by atoms with Gasteiger partial charge in [0.1, 0.15) is 0 Å². The van der Waals surface area contributed by atoms with E-state index in [-0.39, 0.29) is 5.91 Å². The molecule has 0 bridgehead atoms. The Morgan fingerprint density at radius 1 is 1.24 bits per heavy atom. The molecule has 0 aliphatic rings. The highest BCUT2D eigenvalue weighted by Gasteiger charge is 2.13. The molecule has 21 heavy (non-hydrogen) atoms. The fraction of sp³-hybridized carbons (Fsp3) is 0.200. The maximum absolute atomic E-state index is 12.4. The minimum atomic E-state index is -0.268. The quantitative estimate of drug-likeness (QED) is 0.877. The van der Waals surface area contributed by atoms with Gasteiger partial charge in [-0.25, -0.2) is 0 Å². The first-order valence-corrected chi connectivity index (χ1v) is 7.23. The molecule has 0 saturated carbocycles. The molecule has 0 fully saturated rings. The third-order valence-electron chi connectivity index (χ3n) is 2.93. The van der Waals surface area contributed by atoms with Gasteiger partial charge in [-0.05, 0) is 37.6 Å². The van der Waals surface area contributed by atoms with Gasteiger partial charge in [0.05, 0.1) is 28.2 Å². The number of anilines is 2. The molecular weight excluding hydrogens is 309 g/mol. The fourth-order valence-electron chi connectivity index (χ4n) is 1.86. The van der Waals surface area contributed by atoms with Crippen LogP contribution < -0.4 is 10.6 Å². The van der Waals surface area contributed by atoms with Crippen molar-refractivity contribution in [1.82, 2.24) is 4.98 Å². The van der Waals surface area contributed by atoms with Crippen molar-refractivity contribution in [3.05, 3.63) is 51.8 Å². The van der Waals surface area contributed by atoms with Crippen LogP contribution in [0.25, 0.3) is 0 Å². The third-order valence-corrected chi connectivity index (χ3v) is 3.65. The van der Waals surface area contributed by atoms with Crippen LogP contribution in [0, 0.1) is 6.92 Å². The van der Waals surface area contributed by atoms with Gasteiger partial charge in [-0.1, -0.05) is 23.2 Å². The lowest BCUT2D eigenvalue weighted by molar-refractivity contribution is 0.102. The zero-order valence-electron chi connectivity index (χ0n) is 11.7. The molecule has 0 unspecified atom stereocenters. The predicted octanol–water partition coefficient (Wildman–Crippen LogP) is 4.38. The van der Waals surface area contributed by atoms with E-state index in [1.165, 1.54) is 0 Å². The number of carbonyl (C=O) groups is 1. The number of aromatic nitrogens is 1. The number of nitrogens with one attached hydrogen (secondary N) is 2. The summed E-state index contributed by atoms with van der Waals surface area (Å²) in [5.41, 5.74) is 2.51. The van der Waals surface area contributed by atoms with Gasteiger partial charge in [0.2, 0.25) is 0 Å². The van der Waals surface area contributed by atoms with E-state index in [1.807, 2.05) is 13.8 Å². The number of rotatable bonds is 4. The van der Waals surface area contributed by atoms with Crippen molar-refractivity contribution in [2.75, 3.05) is 17.2 Å². The average molecular weight is 324 g/mol. The molecule has 0 radical (unpaired) electrons. The Balaban J connectivity index is 2.28. The molecule has 2 rings (SSSR count). The largest absolute Gasteiger partial charge is 0.383 e. The minimum absolute atomic E-state index is 0.268. The number of halogens is 2. The Morgan fingerprint density at radius 2 is 2.00 bits per heavy atom. The summed E-state index contributed by atoms with van der Waals surface area (Å²) in [7, 11) is 0. The summed E-state index contributed by atoms with van der Waals surface area (Å²) in [4.78, 5) is 16.4. The van der Waals surface area contributed by atoms with Crippen molar-refractivity contribution in [3.8, 4) is 0 Å². The summed E-state index contributed by atoms with van der Waals surface area (Å²) in [6.07, 6.45) is 3.18. The standard InChI is InChI=1S/C15H15Cl2N3O/c1-3-19-14-8-18-5-4-10(14)15(21)20-13-7-11(16)9(2)6-12(13)17/h4-8,19H,3H2,1-2H3,(H,20,21). The van der Waals surface area contributed by atoms with E-state index in [2.05, 4.69) is 15.6 Å². The Hall–Kier alpha value is -1.78. The van der Waals surface area contributed by atoms with Crippen LogP contribution in [0.3, 0.4) is 0 Å². The normalized spacial score (nSPS) is 10.3. The van der Waals surface area contributed by atoms with E-state index in [1.54, 1.807) is 30.6 Å². The lowest BCUT2D eigenvalue weighted by Gasteiger charge is -2.12. The third kappa shape index (κ3) is 3.65. The molecule has 6 heteroatoms. The second-order valence-electron chi connectivity index (χ2n) is 4.49. The van der Waals surface area contributed by atoms with Crippen LogP contribution in [0.2, 0.25) is 10.0 Å². The minimum Gasteiger partial charge on any atom is -0.383 e. The van der Waals surface area contributed by atoms with Gasteiger partial charge in [0.15, 0.2) is 0 Å². The summed E-state index contributed by atoms with van der Waals surface area (Å²) in [5.74, 6) is -0.268. The van der Waals surface area contributed by atoms with Crippen LogP contribution >= 0.6 is 23.2 Å². The molecule has 1 aromatic carbocycles. The first-order valence-electron chi connectivity index (χ1n) is 6.47. The van der Waals surface area contributed by atoms with E-state index in [0.29, 0.717) is 33.5 Å². The molecule has 2 aromatic rings. The Bertz CT molecular complexity index is 674. The first kappa shape index (κ1) is 15.6. The maximum Gasteiger partial charge on any atom is 0.257 e. The van der Waals surface area contributed by atoms with Gasteiger partial charge in [-0.3, -0.25) is 9.78 Å². The Kier molecular flexibility index (Phi) is 5.04. The highest BCUT2D eigenvalue weighted by atomic mass is 35.5. The van der Waals surface area contributed by atoms with Crippen LogP contribution in [-0.4, -0.2) is 17.4 Å². The second-order valence-corrected chi connectivity index (χ2v) is 5.30. The summed E-state index contributed by atoms with van der Waals surface area (Å²) < 4.78 is 0. The summed E-state index contributed by atoms with van der Waals surface area (Å²) in [6, 6.07) is 5.01. The second kappa shape index (κ2) is 6.78. The fourth-order valence-corrected chi connectivity index (χ4v) is 2.28. The zero-order valence-corrected chi connectivity index (χ0v) is 13.2. The number of nitrogens with zero attached hydrogens (tertiary/aromatic N) is 1. The van der Waals surface area contributed by atoms with Crippen molar-refractivity contribution < 1.29 is 4.79 Å². The van der Waals surface area contributed by atoms with E-state index in [9.17, 15) is 4.79 Å². The lowest BCUT2D eigenvalue weighted by Crippen LogP contribution is -2.15. The lowest BCUT2D eigenvalue weighted by atomic mass is 10.2. The smallest absolute Gasteiger partial charge is 0.257 e. The van der Waals surface area contributed by atoms with Gasteiger partial charge in [0.25, 0.3) is 5.91 Å². The van der Waals surface area contributed by atoms with Crippen LogP contribution in [0.5, 0.6) is 0 Å². The van der Waals surface area contributed by atoms with Gasteiger partial charge in [-0.2, -0.15) is 0 Å². The van der Waals surface area contributed by atoms with E-state index < -0.39 is 0 Å². The SMILES string of the molecule is CCNc1cnccc1C(=O)Nc1cc(Cl)c(C)cc1Cl. The van der Waals surface area contributed by atoms with Gasteiger partial charge in [-0.15, -0.1) is 0 Å². The number of amides is 1.